The third-order valence-electron chi connectivity index (χ3n) is 2.61. The van der Waals surface area contributed by atoms with Crippen LogP contribution in [0.5, 0.6) is 5.75 Å². The van der Waals surface area contributed by atoms with E-state index in [1.807, 2.05) is 54.6 Å². The molecule has 2 aromatic rings. The molecule has 0 amide bonds. The van der Waals surface area contributed by atoms with Crippen molar-refractivity contribution in [3.63, 3.8) is 0 Å². The quantitative estimate of drug-likeness (QED) is 0.604. The largest absolute Gasteiger partial charge is 0.494 e. The minimum Gasteiger partial charge on any atom is -0.494 e. The van der Waals surface area contributed by atoms with Gasteiger partial charge in [-0.15, -0.1) is 0 Å². The van der Waals surface area contributed by atoms with E-state index < -0.39 is 0 Å². The molecule has 0 radical (unpaired) electrons. The molecule has 3 nitrogen and oxygen atoms in total. The van der Waals surface area contributed by atoms with E-state index in [1.54, 1.807) is 0 Å². The Hall–Kier alpha value is -2.16. The van der Waals surface area contributed by atoms with Gasteiger partial charge in [-0.25, -0.2) is 0 Å². The molecule has 3 heteroatoms. The minimum atomic E-state index is 0.698. The van der Waals surface area contributed by atoms with Crippen molar-refractivity contribution < 1.29 is 4.74 Å². The Kier molecular flexibility index (Phi) is 4.47. The van der Waals surface area contributed by atoms with Gasteiger partial charge in [0.2, 0.25) is 0 Å². The van der Waals surface area contributed by atoms with Gasteiger partial charge >= 0.3 is 0 Å². The van der Waals surface area contributed by atoms with Crippen molar-refractivity contribution >= 4 is 11.4 Å². The zero-order valence-electron chi connectivity index (χ0n) is 10.3. The number of hydrogen-bond acceptors (Lipinski definition) is 3. The van der Waals surface area contributed by atoms with Crippen LogP contribution in [0.4, 0.5) is 11.4 Å². The molecule has 2 rings (SSSR count). The maximum atomic E-state index is 5.83. The number of ether oxygens (including phenoxy) is 1. The van der Waals surface area contributed by atoms with E-state index in [0.717, 1.165) is 30.1 Å². The normalized spacial score (nSPS) is 10.0. The minimum absolute atomic E-state index is 0.698. The number of para-hydroxylation sites is 3. The lowest BCUT2D eigenvalue weighted by atomic mass is 10.2. The van der Waals surface area contributed by atoms with E-state index in [-0.39, 0.29) is 0 Å². The average Bonchev–Trinajstić information content (AvgIpc) is 2.42. The molecule has 0 saturated heterocycles. The third-order valence-corrected chi connectivity index (χ3v) is 2.61. The second kappa shape index (κ2) is 6.55. The number of nitrogens with one attached hydrogen (secondary N) is 1. The van der Waals surface area contributed by atoms with E-state index in [1.165, 1.54) is 0 Å². The fourth-order valence-electron chi connectivity index (χ4n) is 1.66. The SMILES string of the molecule is Nc1ccccc1NCCCOc1ccccc1. The summed E-state index contributed by atoms with van der Waals surface area (Å²) in [5.74, 6) is 0.914. The molecule has 3 N–H and O–H groups in total. The Labute approximate surface area is 108 Å². The first-order valence-electron chi connectivity index (χ1n) is 6.12. The zero-order valence-corrected chi connectivity index (χ0v) is 10.3. The lowest BCUT2D eigenvalue weighted by Gasteiger charge is -2.09. The smallest absolute Gasteiger partial charge is 0.119 e. The van der Waals surface area contributed by atoms with Gasteiger partial charge in [0.15, 0.2) is 0 Å². The van der Waals surface area contributed by atoms with Gasteiger partial charge in [0, 0.05) is 6.54 Å². The Balaban J connectivity index is 1.66. The van der Waals surface area contributed by atoms with E-state index in [9.17, 15) is 0 Å². The lowest BCUT2D eigenvalue weighted by Crippen LogP contribution is -2.08. The van der Waals surface area contributed by atoms with Crippen LogP contribution in [0.15, 0.2) is 54.6 Å². The van der Waals surface area contributed by atoms with Crippen LogP contribution in [0.25, 0.3) is 0 Å². The fraction of sp³-hybridized carbons (Fsp3) is 0.200. The number of rotatable bonds is 6. The molecule has 0 aliphatic heterocycles. The molecule has 2 aromatic carbocycles. The van der Waals surface area contributed by atoms with Crippen molar-refractivity contribution in [1.82, 2.24) is 0 Å². The predicted molar refractivity (Wildman–Crippen MR) is 75.9 cm³/mol. The van der Waals surface area contributed by atoms with Gasteiger partial charge in [-0.05, 0) is 30.7 Å². The summed E-state index contributed by atoms with van der Waals surface area (Å²) >= 11 is 0. The van der Waals surface area contributed by atoms with Crippen molar-refractivity contribution in [1.29, 1.82) is 0 Å². The van der Waals surface area contributed by atoms with E-state index in [0.29, 0.717) is 6.61 Å². The number of benzene rings is 2. The molecule has 0 spiro atoms. The summed E-state index contributed by atoms with van der Waals surface area (Å²) in [6.45, 7) is 1.55. The summed E-state index contributed by atoms with van der Waals surface area (Å²) in [6, 6.07) is 17.6. The van der Waals surface area contributed by atoms with Crippen molar-refractivity contribution in [3.8, 4) is 5.75 Å². The van der Waals surface area contributed by atoms with Gasteiger partial charge in [0.05, 0.1) is 18.0 Å². The molecule has 0 aliphatic rings. The molecule has 0 aromatic heterocycles. The van der Waals surface area contributed by atoms with Crippen LogP contribution in [-0.2, 0) is 0 Å². The van der Waals surface area contributed by atoms with E-state index in [4.69, 9.17) is 10.5 Å². The zero-order chi connectivity index (χ0) is 12.6. The van der Waals surface area contributed by atoms with Gasteiger partial charge in [-0.2, -0.15) is 0 Å². The first-order chi connectivity index (χ1) is 8.86. The first-order valence-corrected chi connectivity index (χ1v) is 6.12. The van der Waals surface area contributed by atoms with Crippen LogP contribution in [0.3, 0.4) is 0 Å². The van der Waals surface area contributed by atoms with Crippen LogP contribution >= 0.6 is 0 Å². The summed E-state index contributed by atoms with van der Waals surface area (Å²) in [4.78, 5) is 0. The molecular formula is C15H18N2O. The summed E-state index contributed by atoms with van der Waals surface area (Å²) in [6.07, 6.45) is 0.934. The monoisotopic (exact) mass is 242 g/mol. The average molecular weight is 242 g/mol. The van der Waals surface area contributed by atoms with Crippen molar-refractivity contribution in [2.45, 2.75) is 6.42 Å². The molecule has 0 aliphatic carbocycles. The molecule has 0 unspecified atom stereocenters. The van der Waals surface area contributed by atoms with E-state index in [2.05, 4.69) is 5.32 Å². The van der Waals surface area contributed by atoms with Crippen LogP contribution < -0.4 is 15.8 Å². The highest BCUT2D eigenvalue weighted by molar-refractivity contribution is 5.65. The number of nitrogens with two attached hydrogens (primary N) is 1. The van der Waals surface area contributed by atoms with Crippen LogP contribution in [0.2, 0.25) is 0 Å². The highest BCUT2D eigenvalue weighted by Crippen LogP contribution is 2.16. The molecule has 0 saturated carbocycles. The molecule has 0 fully saturated rings. The van der Waals surface area contributed by atoms with Crippen LogP contribution in [0, 0.1) is 0 Å². The van der Waals surface area contributed by atoms with Gasteiger partial charge in [-0.3, -0.25) is 0 Å². The molecule has 0 heterocycles. The Morgan fingerprint density at radius 2 is 1.67 bits per heavy atom. The third kappa shape index (κ3) is 3.70. The standard InChI is InChI=1S/C15H18N2O/c16-14-9-4-5-10-15(14)17-11-6-12-18-13-7-2-1-3-8-13/h1-5,7-10,17H,6,11-12,16H2. The Morgan fingerprint density at radius 3 is 2.44 bits per heavy atom. The van der Waals surface area contributed by atoms with Crippen molar-refractivity contribution in [2.24, 2.45) is 0 Å². The highest BCUT2D eigenvalue weighted by Gasteiger charge is 1.96. The molecule has 94 valence electrons. The van der Waals surface area contributed by atoms with Crippen LogP contribution in [0.1, 0.15) is 6.42 Å². The molecule has 18 heavy (non-hydrogen) atoms. The van der Waals surface area contributed by atoms with Gasteiger partial charge in [0.25, 0.3) is 0 Å². The van der Waals surface area contributed by atoms with Gasteiger partial charge in [-0.1, -0.05) is 30.3 Å². The maximum Gasteiger partial charge on any atom is 0.119 e. The second-order valence-electron chi connectivity index (χ2n) is 4.03. The lowest BCUT2D eigenvalue weighted by molar-refractivity contribution is 0.315. The second-order valence-corrected chi connectivity index (χ2v) is 4.03. The summed E-state index contributed by atoms with van der Waals surface area (Å²) in [5, 5.41) is 3.29. The fourth-order valence-corrected chi connectivity index (χ4v) is 1.66. The first kappa shape index (κ1) is 12.3. The summed E-state index contributed by atoms with van der Waals surface area (Å²) < 4.78 is 5.60. The van der Waals surface area contributed by atoms with E-state index >= 15 is 0 Å². The summed E-state index contributed by atoms with van der Waals surface area (Å²) in [7, 11) is 0. The van der Waals surface area contributed by atoms with Crippen LogP contribution in [-0.4, -0.2) is 13.2 Å². The maximum absolute atomic E-state index is 5.83. The topological polar surface area (TPSA) is 47.3 Å². The van der Waals surface area contributed by atoms with Crippen molar-refractivity contribution in [2.75, 3.05) is 24.2 Å². The highest BCUT2D eigenvalue weighted by atomic mass is 16.5. The number of hydrogen-bond donors (Lipinski definition) is 2. The van der Waals surface area contributed by atoms with Gasteiger partial charge in [0.1, 0.15) is 5.75 Å². The van der Waals surface area contributed by atoms with Gasteiger partial charge < -0.3 is 15.8 Å². The Morgan fingerprint density at radius 1 is 0.944 bits per heavy atom. The number of nitrogen functional groups attached to an aromatic ring is 1. The predicted octanol–water partition coefficient (Wildman–Crippen LogP) is 3.15. The Bertz CT molecular complexity index is 471. The number of anilines is 2. The summed E-state index contributed by atoms with van der Waals surface area (Å²) in [5.41, 5.74) is 7.60. The molecular weight excluding hydrogens is 224 g/mol. The van der Waals surface area contributed by atoms with Crippen molar-refractivity contribution in [3.05, 3.63) is 54.6 Å². The molecule has 0 atom stereocenters. The molecule has 0 bridgehead atoms.